The number of pyridine rings is 1. The van der Waals surface area contributed by atoms with Crippen molar-refractivity contribution in [2.45, 2.75) is 19.4 Å². The standard InChI is InChI=1S/C18H15FN4O2/c1-11-9-23-10-14(5-6-17(23)20-11)21-18(24)16-8-15(22-25-16)12-3-2-4-13(19)7-12/h2-7,9-10,16H,8H2,1H3,(H,21,24). The summed E-state index contributed by atoms with van der Waals surface area (Å²) in [6.45, 7) is 1.91. The maximum absolute atomic E-state index is 13.3. The van der Waals surface area contributed by atoms with Crippen LogP contribution in [0, 0.1) is 12.7 Å². The number of hydrogen-bond donors (Lipinski definition) is 1. The third kappa shape index (κ3) is 3.08. The minimum Gasteiger partial charge on any atom is -0.382 e. The van der Waals surface area contributed by atoms with Crippen molar-refractivity contribution < 1.29 is 14.0 Å². The van der Waals surface area contributed by atoms with Crippen molar-refractivity contribution in [1.29, 1.82) is 0 Å². The van der Waals surface area contributed by atoms with Gasteiger partial charge in [0.2, 0.25) is 6.10 Å². The molecular weight excluding hydrogens is 323 g/mol. The van der Waals surface area contributed by atoms with Gasteiger partial charge < -0.3 is 14.6 Å². The normalized spacial score (nSPS) is 16.6. The Labute approximate surface area is 142 Å². The van der Waals surface area contributed by atoms with E-state index in [-0.39, 0.29) is 11.7 Å². The van der Waals surface area contributed by atoms with Gasteiger partial charge in [0.1, 0.15) is 11.5 Å². The van der Waals surface area contributed by atoms with Gasteiger partial charge >= 0.3 is 0 Å². The first kappa shape index (κ1) is 15.3. The molecule has 0 spiro atoms. The average Bonchev–Trinajstić information content (AvgIpc) is 3.20. The molecule has 1 unspecified atom stereocenters. The monoisotopic (exact) mass is 338 g/mol. The van der Waals surface area contributed by atoms with Crippen LogP contribution in [0.4, 0.5) is 10.1 Å². The van der Waals surface area contributed by atoms with Gasteiger partial charge in [0.25, 0.3) is 5.91 Å². The van der Waals surface area contributed by atoms with Gasteiger partial charge in [-0.3, -0.25) is 4.79 Å². The van der Waals surface area contributed by atoms with Gasteiger partial charge in [-0.1, -0.05) is 17.3 Å². The van der Waals surface area contributed by atoms with Crippen molar-refractivity contribution in [3.05, 3.63) is 65.9 Å². The van der Waals surface area contributed by atoms with Crippen LogP contribution >= 0.6 is 0 Å². The number of fused-ring (bicyclic) bond motifs is 1. The largest absolute Gasteiger partial charge is 0.382 e. The predicted octanol–water partition coefficient (Wildman–Crippen LogP) is 2.91. The lowest BCUT2D eigenvalue weighted by atomic mass is 10.0. The van der Waals surface area contributed by atoms with Crippen LogP contribution < -0.4 is 5.32 Å². The molecule has 25 heavy (non-hydrogen) atoms. The van der Waals surface area contributed by atoms with Gasteiger partial charge in [-0.15, -0.1) is 0 Å². The molecule has 6 nitrogen and oxygen atoms in total. The number of carbonyl (C=O) groups excluding carboxylic acids is 1. The van der Waals surface area contributed by atoms with E-state index in [2.05, 4.69) is 15.5 Å². The van der Waals surface area contributed by atoms with E-state index in [1.807, 2.05) is 23.6 Å². The lowest BCUT2D eigenvalue weighted by Gasteiger charge is -2.09. The zero-order chi connectivity index (χ0) is 17.4. The van der Waals surface area contributed by atoms with Crippen LogP contribution in [0.3, 0.4) is 0 Å². The van der Waals surface area contributed by atoms with E-state index < -0.39 is 6.10 Å². The zero-order valence-corrected chi connectivity index (χ0v) is 13.4. The molecule has 3 heterocycles. The molecular formula is C18H15FN4O2. The number of amides is 1. The molecule has 0 aliphatic carbocycles. The van der Waals surface area contributed by atoms with Gasteiger partial charge in [-0.05, 0) is 31.2 Å². The third-order valence-electron chi connectivity index (χ3n) is 3.96. The molecule has 3 aromatic rings. The number of aryl methyl sites for hydroxylation is 1. The number of anilines is 1. The van der Waals surface area contributed by atoms with E-state index >= 15 is 0 Å². The Hall–Kier alpha value is -3.22. The number of nitrogens with one attached hydrogen (secondary N) is 1. The number of benzene rings is 1. The molecule has 1 aromatic carbocycles. The smallest absolute Gasteiger partial charge is 0.268 e. The Morgan fingerprint density at radius 2 is 2.20 bits per heavy atom. The maximum atomic E-state index is 13.3. The highest BCUT2D eigenvalue weighted by Crippen LogP contribution is 2.19. The van der Waals surface area contributed by atoms with Crippen LogP contribution in [0.5, 0.6) is 0 Å². The van der Waals surface area contributed by atoms with E-state index in [9.17, 15) is 9.18 Å². The van der Waals surface area contributed by atoms with Crippen molar-refractivity contribution >= 4 is 23.0 Å². The minimum atomic E-state index is -0.738. The highest BCUT2D eigenvalue weighted by Gasteiger charge is 2.29. The lowest BCUT2D eigenvalue weighted by Crippen LogP contribution is -2.28. The molecule has 0 saturated heterocycles. The predicted molar refractivity (Wildman–Crippen MR) is 91.0 cm³/mol. The van der Waals surface area contributed by atoms with Crippen molar-refractivity contribution in [2.24, 2.45) is 5.16 Å². The fourth-order valence-corrected chi connectivity index (χ4v) is 2.77. The van der Waals surface area contributed by atoms with Crippen LogP contribution in [0.25, 0.3) is 5.65 Å². The topological polar surface area (TPSA) is 68.0 Å². The fourth-order valence-electron chi connectivity index (χ4n) is 2.77. The molecule has 0 radical (unpaired) electrons. The Morgan fingerprint density at radius 3 is 3.04 bits per heavy atom. The maximum Gasteiger partial charge on any atom is 0.268 e. The van der Waals surface area contributed by atoms with Crippen molar-refractivity contribution in [3.63, 3.8) is 0 Å². The average molecular weight is 338 g/mol. The number of nitrogens with zero attached hydrogens (tertiary/aromatic N) is 3. The van der Waals surface area contributed by atoms with Crippen molar-refractivity contribution in [3.8, 4) is 0 Å². The van der Waals surface area contributed by atoms with E-state index in [0.29, 0.717) is 23.4 Å². The number of imidazole rings is 1. The quantitative estimate of drug-likeness (QED) is 0.798. The number of halogens is 1. The fraction of sp³-hybridized carbons (Fsp3) is 0.167. The molecule has 7 heteroatoms. The second-order valence-electron chi connectivity index (χ2n) is 5.90. The van der Waals surface area contributed by atoms with Crippen LogP contribution in [-0.4, -0.2) is 27.1 Å². The summed E-state index contributed by atoms with van der Waals surface area (Å²) >= 11 is 0. The number of rotatable bonds is 3. The summed E-state index contributed by atoms with van der Waals surface area (Å²) in [4.78, 5) is 21.9. The Bertz CT molecular complexity index is 996. The molecule has 0 saturated carbocycles. The van der Waals surface area contributed by atoms with E-state index in [1.165, 1.54) is 12.1 Å². The van der Waals surface area contributed by atoms with Crippen molar-refractivity contribution in [2.75, 3.05) is 5.32 Å². The molecule has 4 rings (SSSR count). The Balaban J connectivity index is 1.45. The molecule has 1 aliphatic heterocycles. The molecule has 126 valence electrons. The van der Waals surface area contributed by atoms with Gasteiger partial charge in [-0.2, -0.15) is 0 Å². The number of oxime groups is 1. The summed E-state index contributed by atoms with van der Waals surface area (Å²) in [5.41, 5.74) is 3.52. The summed E-state index contributed by atoms with van der Waals surface area (Å²) in [6.07, 6.45) is 3.22. The zero-order valence-electron chi connectivity index (χ0n) is 13.4. The number of aromatic nitrogens is 2. The van der Waals surface area contributed by atoms with Crippen molar-refractivity contribution in [1.82, 2.24) is 9.38 Å². The Kier molecular flexibility index (Phi) is 3.68. The summed E-state index contributed by atoms with van der Waals surface area (Å²) in [6, 6.07) is 9.68. The molecule has 1 N–H and O–H groups in total. The first-order valence-electron chi connectivity index (χ1n) is 7.83. The molecule has 1 aliphatic rings. The first-order valence-corrected chi connectivity index (χ1v) is 7.83. The molecule has 0 bridgehead atoms. The summed E-state index contributed by atoms with van der Waals surface area (Å²) in [5, 5.41) is 6.73. The van der Waals surface area contributed by atoms with Gasteiger partial charge in [0.15, 0.2) is 0 Å². The van der Waals surface area contributed by atoms with Crippen LogP contribution in [-0.2, 0) is 9.63 Å². The number of hydrogen-bond acceptors (Lipinski definition) is 4. The molecule has 2 aromatic heterocycles. The van der Waals surface area contributed by atoms with Gasteiger partial charge in [0.05, 0.1) is 17.1 Å². The molecule has 0 fully saturated rings. The third-order valence-corrected chi connectivity index (χ3v) is 3.96. The van der Waals surface area contributed by atoms with Crippen LogP contribution in [0.15, 0.2) is 53.9 Å². The molecule has 1 atom stereocenters. The SMILES string of the molecule is Cc1cn2cc(NC(=O)C3CC(c4cccc(F)c4)=NO3)ccc2n1. The van der Waals surface area contributed by atoms with E-state index in [0.717, 1.165) is 11.3 Å². The van der Waals surface area contributed by atoms with Gasteiger partial charge in [-0.25, -0.2) is 9.37 Å². The summed E-state index contributed by atoms with van der Waals surface area (Å²) in [5.74, 6) is -0.650. The highest BCUT2D eigenvalue weighted by atomic mass is 19.1. The van der Waals surface area contributed by atoms with Crippen LogP contribution in [0.1, 0.15) is 17.7 Å². The first-order chi connectivity index (χ1) is 12.1. The lowest BCUT2D eigenvalue weighted by molar-refractivity contribution is -0.125. The Morgan fingerprint density at radius 1 is 1.32 bits per heavy atom. The summed E-state index contributed by atoms with van der Waals surface area (Å²) in [7, 11) is 0. The van der Waals surface area contributed by atoms with E-state index in [1.54, 1.807) is 24.4 Å². The second kappa shape index (κ2) is 6.01. The summed E-state index contributed by atoms with van der Waals surface area (Å²) < 4.78 is 15.2. The minimum absolute atomic E-state index is 0.293. The number of carbonyl (C=O) groups is 1. The van der Waals surface area contributed by atoms with Gasteiger partial charge in [0, 0.05) is 24.4 Å². The second-order valence-corrected chi connectivity index (χ2v) is 5.90. The van der Waals surface area contributed by atoms with Crippen LogP contribution in [0.2, 0.25) is 0 Å². The van der Waals surface area contributed by atoms with E-state index in [4.69, 9.17) is 4.84 Å². The molecule has 1 amide bonds. The highest BCUT2D eigenvalue weighted by molar-refractivity contribution is 6.06.